The summed E-state index contributed by atoms with van der Waals surface area (Å²) in [5.41, 5.74) is 2.83. The van der Waals surface area contributed by atoms with Crippen LogP contribution in [0.4, 0.5) is 4.39 Å². The van der Waals surface area contributed by atoms with Gasteiger partial charge in [0.1, 0.15) is 24.3 Å². The lowest BCUT2D eigenvalue weighted by Crippen LogP contribution is -2.34. The predicted octanol–water partition coefficient (Wildman–Crippen LogP) is 5.69. The second-order valence-corrected chi connectivity index (χ2v) is 8.27. The summed E-state index contributed by atoms with van der Waals surface area (Å²) in [4.78, 5) is 4.08. The standard InChI is InChI=1S/C26H22ClFN2O3/c27-25-14-21(28)8-11-24(25)26(17-30-13-12-29-18-30)32-16-23(33-26)15-31-22-9-6-20(7-10-22)19-4-2-1-3-5-19/h1-14,18,23H,15-17H2. The number of aromatic nitrogens is 2. The van der Waals surface area contributed by atoms with Crippen LogP contribution in [-0.4, -0.2) is 28.9 Å². The maximum Gasteiger partial charge on any atom is 0.215 e. The topological polar surface area (TPSA) is 45.5 Å². The third-order valence-corrected chi connectivity index (χ3v) is 5.86. The first kappa shape index (κ1) is 21.6. The Hall–Kier alpha value is -3.19. The Balaban J connectivity index is 1.29. The SMILES string of the molecule is Fc1ccc(C2(Cn3ccnc3)OCC(COc3ccc(-c4ccccc4)cc3)O2)c(Cl)c1. The van der Waals surface area contributed by atoms with Gasteiger partial charge in [-0.3, -0.25) is 0 Å². The van der Waals surface area contributed by atoms with Gasteiger partial charge in [-0.15, -0.1) is 0 Å². The van der Waals surface area contributed by atoms with Crippen molar-refractivity contribution in [3.05, 3.63) is 108 Å². The van der Waals surface area contributed by atoms with Gasteiger partial charge in [0.15, 0.2) is 0 Å². The van der Waals surface area contributed by atoms with Gasteiger partial charge in [-0.05, 0) is 41.5 Å². The fraction of sp³-hybridized carbons (Fsp3) is 0.192. The van der Waals surface area contributed by atoms with Gasteiger partial charge in [0.05, 0.1) is 24.5 Å². The van der Waals surface area contributed by atoms with Crippen LogP contribution in [0.3, 0.4) is 0 Å². The molecule has 5 nitrogen and oxygen atoms in total. The molecule has 2 unspecified atom stereocenters. The predicted molar refractivity (Wildman–Crippen MR) is 124 cm³/mol. The first-order chi connectivity index (χ1) is 16.1. The van der Waals surface area contributed by atoms with Crippen LogP contribution in [0.5, 0.6) is 5.75 Å². The van der Waals surface area contributed by atoms with Crippen LogP contribution in [-0.2, 0) is 21.8 Å². The summed E-state index contributed by atoms with van der Waals surface area (Å²) in [6.45, 7) is 0.931. The van der Waals surface area contributed by atoms with E-state index < -0.39 is 11.6 Å². The summed E-state index contributed by atoms with van der Waals surface area (Å²) in [6, 6.07) is 22.3. The molecule has 1 aromatic heterocycles. The summed E-state index contributed by atoms with van der Waals surface area (Å²) in [6.07, 6.45) is 4.83. The third-order valence-electron chi connectivity index (χ3n) is 5.55. The first-order valence-corrected chi connectivity index (χ1v) is 11.0. The molecule has 0 amide bonds. The van der Waals surface area contributed by atoms with Crippen molar-refractivity contribution in [3.63, 3.8) is 0 Å². The highest BCUT2D eigenvalue weighted by atomic mass is 35.5. The molecule has 1 aliphatic heterocycles. The summed E-state index contributed by atoms with van der Waals surface area (Å²) in [5.74, 6) is -0.847. The van der Waals surface area contributed by atoms with Gasteiger partial charge >= 0.3 is 0 Å². The summed E-state index contributed by atoms with van der Waals surface area (Å²) in [5, 5.41) is 0.244. The zero-order chi connectivity index (χ0) is 22.7. The minimum Gasteiger partial charge on any atom is -0.491 e. The summed E-state index contributed by atoms with van der Waals surface area (Å²) >= 11 is 6.37. The van der Waals surface area contributed by atoms with Gasteiger partial charge in [-0.25, -0.2) is 9.37 Å². The number of halogens is 2. The van der Waals surface area contributed by atoms with Crippen LogP contribution < -0.4 is 4.74 Å². The molecule has 2 heterocycles. The van der Waals surface area contributed by atoms with Crippen LogP contribution in [0.2, 0.25) is 5.02 Å². The van der Waals surface area contributed by atoms with Gasteiger partial charge in [0, 0.05) is 18.0 Å². The van der Waals surface area contributed by atoms with E-state index in [1.54, 1.807) is 18.6 Å². The molecular weight excluding hydrogens is 443 g/mol. The molecule has 4 aromatic rings. The van der Waals surface area contributed by atoms with Gasteiger partial charge in [-0.2, -0.15) is 0 Å². The molecule has 5 rings (SSSR count). The van der Waals surface area contributed by atoms with Crippen molar-refractivity contribution < 1.29 is 18.6 Å². The van der Waals surface area contributed by atoms with E-state index in [9.17, 15) is 4.39 Å². The number of ether oxygens (including phenoxy) is 3. The highest BCUT2D eigenvalue weighted by molar-refractivity contribution is 6.31. The molecule has 33 heavy (non-hydrogen) atoms. The highest BCUT2D eigenvalue weighted by Crippen LogP contribution is 2.40. The molecule has 0 N–H and O–H groups in total. The molecule has 1 saturated heterocycles. The van der Waals surface area contributed by atoms with E-state index in [1.165, 1.54) is 12.1 Å². The Morgan fingerprint density at radius 3 is 2.58 bits per heavy atom. The number of hydrogen-bond acceptors (Lipinski definition) is 4. The Morgan fingerprint density at radius 1 is 1.06 bits per heavy atom. The number of hydrogen-bond donors (Lipinski definition) is 0. The number of benzene rings is 3. The lowest BCUT2D eigenvalue weighted by Gasteiger charge is -2.29. The average Bonchev–Trinajstić information content (AvgIpc) is 3.49. The maximum atomic E-state index is 13.7. The zero-order valence-corrected chi connectivity index (χ0v) is 18.5. The van der Waals surface area contributed by atoms with Crippen molar-refractivity contribution >= 4 is 11.6 Å². The minimum absolute atomic E-state index is 0.244. The normalized spacial score (nSPS) is 20.1. The van der Waals surface area contributed by atoms with Crippen molar-refractivity contribution in [1.29, 1.82) is 0 Å². The molecule has 7 heteroatoms. The van der Waals surface area contributed by atoms with E-state index in [1.807, 2.05) is 53.2 Å². The molecule has 168 valence electrons. The van der Waals surface area contributed by atoms with E-state index in [0.29, 0.717) is 25.3 Å². The number of rotatable bonds is 7. The molecule has 3 aromatic carbocycles. The molecule has 0 saturated carbocycles. The average molecular weight is 465 g/mol. The van der Waals surface area contributed by atoms with Crippen molar-refractivity contribution in [3.8, 4) is 16.9 Å². The maximum absolute atomic E-state index is 13.7. The van der Waals surface area contributed by atoms with Crippen molar-refractivity contribution in [2.45, 2.75) is 18.4 Å². The molecule has 0 bridgehead atoms. The molecule has 0 spiro atoms. The molecule has 1 fully saturated rings. The van der Waals surface area contributed by atoms with Crippen LogP contribution in [0, 0.1) is 5.82 Å². The van der Waals surface area contributed by atoms with Crippen molar-refractivity contribution in [2.24, 2.45) is 0 Å². The quantitative estimate of drug-likeness (QED) is 0.352. The summed E-state index contributed by atoms with van der Waals surface area (Å²) < 4.78 is 34.0. The van der Waals surface area contributed by atoms with Crippen LogP contribution in [0.1, 0.15) is 5.56 Å². The Labute approximate surface area is 196 Å². The van der Waals surface area contributed by atoms with Gasteiger partial charge < -0.3 is 18.8 Å². The van der Waals surface area contributed by atoms with Crippen LogP contribution >= 0.6 is 11.6 Å². The van der Waals surface area contributed by atoms with Crippen molar-refractivity contribution in [2.75, 3.05) is 13.2 Å². The second-order valence-electron chi connectivity index (χ2n) is 7.86. The smallest absolute Gasteiger partial charge is 0.215 e. The second kappa shape index (κ2) is 9.35. The van der Waals surface area contributed by atoms with Gasteiger partial charge in [0.25, 0.3) is 0 Å². The minimum atomic E-state index is -1.17. The Kier molecular flexibility index (Phi) is 6.13. The first-order valence-electron chi connectivity index (χ1n) is 10.6. The molecule has 0 radical (unpaired) electrons. The number of imidazole rings is 1. The van der Waals surface area contributed by atoms with Gasteiger partial charge in [0.2, 0.25) is 5.79 Å². The molecular formula is C26H22ClFN2O3. The van der Waals surface area contributed by atoms with Crippen LogP contribution in [0.15, 0.2) is 91.5 Å². The van der Waals surface area contributed by atoms with Gasteiger partial charge in [-0.1, -0.05) is 54.1 Å². The number of nitrogens with zero attached hydrogens (tertiary/aromatic N) is 2. The van der Waals surface area contributed by atoms with E-state index >= 15 is 0 Å². The fourth-order valence-corrected chi connectivity index (χ4v) is 4.25. The Morgan fingerprint density at radius 2 is 1.85 bits per heavy atom. The van der Waals surface area contributed by atoms with E-state index in [4.69, 9.17) is 25.8 Å². The van der Waals surface area contributed by atoms with Crippen LogP contribution in [0.25, 0.3) is 11.1 Å². The summed E-state index contributed by atoms with van der Waals surface area (Å²) in [7, 11) is 0. The third kappa shape index (κ3) is 4.78. The largest absolute Gasteiger partial charge is 0.491 e. The molecule has 0 aliphatic carbocycles. The monoisotopic (exact) mass is 464 g/mol. The fourth-order valence-electron chi connectivity index (χ4n) is 3.94. The lowest BCUT2D eigenvalue weighted by molar-refractivity contribution is -0.189. The van der Waals surface area contributed by atoms with E-state index in [-0.39, 0.29) is 11.1 Å². The van der Waals surface area contributed by atoms with Crippen molar-refractivity contribution in [1.82, 2.24) is 9.55 Å². The van der Waals surface area contributed by atoms with E-state index in [2.05, 4.69) is 17.1 Å². The molecule has 1 aliphatic rings. The zero-order valence-electron chi connectivity index (χ0n) is 17.7. The molecule has 2 atom stereocenters. The van der Waals surface area contributed by atoms with E-state index in [0.717, 1.165) is 16.9 Å². The lowest BCUT2D eigenvalue weighted by atomic mass is 10.1. The highest BCUT2D eigenvalue weighted by Gasteiger charge is 2.45. The Bertz CT molecular complexity index is 1200.